The van der Waals surface area contributed by atoms with Gasteiger partial charge in [-0.3, -0.25) is 0 Å². The largest absolute Gasteiger partial charge is 0.309 e. The van der Waals surface area contributed by atoms with Gasteiger partial charge in [-0.25, -0.2) is 0 Å². The summed E-state index contributed by atoms with van der Waals surface area (Å²) >= 11 is 1.89. The predicted molar refractivity (Wildman–Crippen MR) is 174 cm³/mol. The monoisotopic (exact) mass is 525 g/mol. The molecule has 0 aliphatic rings. The van der Waals surface area contributed by atoms with Crippen molar-refractivity contribution in [1.82, 2.24) is 4.57 Å². The molecule has 2 heterocycles. The van der Waals surface area contributed by atoms with Crippen molar-refractivity contribution in [2.24, 2.45) is 0 Å². The summed E-state index contributed by atoms with van der Waals surface area (Å²) in [5, 5.41) is 10.3. The number of para-hydroxylation sites is 1. The average Bonchev–Trinajstić information content (AvgIpc) is 3.56. The third-order valence-electron chi connectivity index (χ3n) is 8.38. The van der Waals surface area contributed by atoms with Gasteiger partial charge in [0.1, 0.15) is 0 Å². The van der Waals surface area contributed by atoms with Gasteiger partial charge in [0, 0.05) is 36.3 Å². The normalized spacial score (nSPS) is 12.0. The molecule has 0 amide bonds. The van der Waals surface area contributed by atoms with E-state index in [9.17, 15) is 0 Å². The lowest BCUT2D eigenvalue weighted by Gasteiger charge is -2.15. The molecule has 0 radical (unpaired) electrons. The summed E-state index contributed by atoms with van der Waals surface area (Å²) in [4.78, 5) is 0. The van der Waals surface area contributed by atoms with Crippen molar-refractivity contribution in [3.8, 4) is 16.8 Å². The first-order valence-electron chi connectivity index (χ1n) is 13.7. The number of thiophene rings is 1. The molecule has 2 aromatic heterocycles. The molecule has 0 aliphatic heterocycles. The van der Waals surface area contributed by atoms with Crippen molar-refractivity contribution >= 4 is 74.9 Å². The first-order chi connectivity index (χ1) is 19.8. The van der Waals surface area contributed by atoms with Gasteiger partial charge in [0.15, 0.2) is 0 Å². The highest BCUT2D eigenvalue weighted by molar-refractivity contribution is 7.26. The maximum absolute atomic E-state index is 2.48. The van der Waals surface area contributed by atoms with Crippen LogP contribution in [0.1, 0.15) is 0 Å². The van der Waals surface area contributed by atoms with Crippen LogP contribution in [0.5, 0.6) is 0 Å². The second-order valence-corrected chi connectivity index (χ2v) is 11.6. The van der Waals surface area contributed by atoms with Crippen molar-refractivity contribution in [1.29, 1.82) is 0 Å². The van der Waals surface area contributed by atoms with Gasteiger partial charge < -0.3 is 4.57 Å². The Kier molecular flexibility index (Phi) is 4.55. The van der Waals surface area contributed by atoms with Gasteiger partial charge >= 0.3 is 0 Å². The molecule has 9 aromatic rings. The highest BCUT2D eigenvalue weighted by Crippen LogP contribution is 2.42. The molecule has 9 rings (SSSR count). The number of hydrogen-bond donors (Lipinski definition) is 0. The predicted octanol–water partition coefficient (Wildman–Crippen LogP) is 11.1. The minimum Gasteiger partial charge on any atom is -0.309 e. The molecule has 0 bridgehead atoms. The number of nitrogens with zero attached hydrogens (tertiary/aromatic N) is 1. The van der Waals surface area contributed by atoms with Gasteiger partial charge in [-0.15, -0.1) is 11.3 Å². The zero-order valence-corrected chi connectivity index (χ0v) is 22.5. The molecule has 40 heavy (non-hydrogen) atoms. The standard InChI is InChI=1S/C38H23NS/c1-2-11-26-24(10-1)22-35(29-13-4-3-12-28(26)29)39-34-18-7-5-14-30(34)31-21-20-25(23-36(31)39)27-16-9-17-33-32-15-6-8-19-37(32)40-38(27)33/h1-23H. The van der Waals surface area contributed by atoms with E-state index in [2.05, 4.69) is 144 Å². The topological polar surface area (TPSA) is 4.93 Å². The number of hydrogen-bond acceptors (Lipinski definition) is 1. The summed E-state index contributed by atoms with van der Waals surface area (Å²) in [6.07, 6.45) is 0. The smallest absolute Gasteiger partial charge is 0.0547 e. The van der Waals surface area contributed by atoms with Crippen molar-refractivity contribution in [2.45, 2.75) is 0 Å². The van der Waals surface area contributed by atoms with E-state index in [0.717, 1.165) is 0 Å². The molecule has 2 heteroatoms. The molecule has 0 N–H and O–H groups in total. The van der Waals surface area contributed by atoms with Crippen LogP contribution in [-0.2, 0) is 0 Å². The fourth-order valence-electron chi connectivity index (χ4n) is 6.59. The van der Waals surface area contributed by atoms with Crippen LogP contribution < -0.4 is 0 Å². The summed E-state index contributed by atoms with van der Waals surface area (Å²) in [6, 6.07) is 51.2. The van der Waals surface area contributed by atoms with E-state index >= 15 is 0 Å². The summed E-state index contributed by atoms with van der Waals surface area (Å²) < 4.78 is 5.17. The van der Waals surface area contributed by atoms with Crippen molar-refractivity contribution in [3.63, 3.8) is 0 Å². The molecular weight excluding hydrogens is 502 g/mol. The fraction of sp³-hybridized carbons (Fsp3) is 0. The average molecular weight is 526 g/mol. The second-order valence-electron chi connectivity index (χ2n) is 10.5. The summed E-state index contributed by atoms with van der Waals surface area (Å²) in [7, 11) is 0. The zero-order chi connectivity index (χ0) is 26.2. The fourth-order valence-corrected chi connectivity index (χ4v) is 7.83. The van der Waals surface area contributed by atoms with E-state index in [-0.39, 0.29) is 0 Å². The molecule has 7 aromatic carbocycles. The quantitative estimate of drug-likeness (QED) is 0.198. The molecule has 0 fully saturated rings. The Bertz CT molecular complexity index is 2440. The van der Waals surface area contributed by atoms with Crippen LogP contribution in [0.2, 0.25) is 0 Å². The molecule has 0 spiro atoms. The SMILES string of the molecule is c1ccc2c(c1)cc(-n1c3ccccc3c3ccc(-c4cccc5c4sc4ccccc45)cc31)c1ccccc12. The van der Waals surface area contributed by atoms with Crippen LogP contribution in [-0.4, -0.2) is 4.57 Å². The third kappa shape index (κ3) is 3.03. The summed E-state index contributed by atoms with van der Waals surface area (Å²) in [5.74, 6) is 0. The lowest BCUT2D eigenvalue weighted by atomic mass is 9.99. The van der Waals surface area contributed by atoms with Crippen molar-refractivity contribution < 1.29 is 0 Å². The lowest BCUT2D eigenvalue weighted by molar-refractivity contribution is 1.20. The maximum atomic E-state index is 2.48. The molecule has 0 atom stereocenters. The van der Waals surface area contributed by atoms with E-state index in [1.807, 2.05) is 11.3 Å². The van der Waals surface area contributed by atoms with Gasteiger partial charge in [0.05, 0.1) is 16.7 Å². The van der Waals surface area contributed by atoms with Gasteiger partial charge in [0.25, 0.3) is 0 Å². The highest BCUT2D eigenvalue weighted by Gasteiger charge is 2.17. The van der Waals surface area contributed by atoms with Crippen LogP contribution in [0.15, 0.2) is 140 Å². The summed E-state index contributed by atoms with van der Waals surface area (Å²) in [5.41, 5.74) is 6.23. The highest BCUT2D eigenvalue weighted by atomic mass is 32.1. The molecule has 186 valence electrons. The van der Waals surface area contributed by atoms with E-state index in [1.54, 1.807) is 0 Å². The van der Waals surface area contributed by atoms with Crippen molar-refractivity contribution in [3.05, 3.63) is 140 Å². The molecular formula is C38H23NS. The number of rotatable bonds is 2. The summed E-state index contributed by atoms with van der Waals surface area (Å²) in [6.45, 7) is 0. The van der Waals surface area contributed by atoms with Crippen molar-refractivity contribution in [2.75, 3.05) is 0 Å². The Balaban J connectivity index is 1.40. The first kappa shape index (κ1) is 22.0. The Morgan fingerprint density at radius 1 is 0.425 bits per heavy atom. The Morgan fingerprint density at radius 2 is 1.10 bits per heavy atom. The Hall–Kier alpha value is -4.92. The number of benzene rings is 7. The van der Waals surface area contributed by atoms with Crippen LogP contribution >= 0.6 is 11.3 Å². The van der Waals surface area contributed by atoms with Crippen LogP contribution in [0, 0.1) is 0 Å². The van der Waals surface area contributed by atoms with Crippen LogP contribution in [0.3, 0.4) is 0 Å². The number of fused-ring (bicyclic) bond motifs is 9. The van der Waals surface area contributed by atoms with Crippen LogP contribution in [0.25, 0.3) is 80.3 Å². The molecule has 0 aliphatic carbocycles. The van der Waals surface area contributed by atoms with Gasteiger partial charge in [-0.05, 0) is 51.6 Å². The maximum Gasteiger partial charge on any atom is 0.0547 e. The van der Waals surface area contributed by atoms with Gasteiger partial charge in [-0.1, -0.05) is 115 Å². The van der Waals surface area contributed by atoms with Gasteiger partial charge in [-0.2, -0.15) is 0 Å². The minimum absolute atomic E-state index is 1.22. The Morgan fingerprint density at radius 3 is 2.00 bits per heavy atom. The first-order valence-corrected chi connectivity index (χ1v) is 14.5. The van der Waals surface area contributed by atoms with E-state index in [4.69, 9.17) is 0 Å². The lowest BCUT2D eigenvalue weighted by Crippen LogP contribution is -1.96. The zero-order valence-electron chi connectivity index (χ0n) is 21.6. The van der Waals surface area contributed by atoms with Crippen LogP contribution in [0.4, 0.5) is 0 Å². The number of aromatic nitrogens is 1. The minimum atomic E-state index is 1.22. The molecule has 0 saturated carbocycles. The Labute approximate surface area is 235 Å². The molecule has 0 saturated heterocycles. The van der Waals surface area contributed by atoms with E-state index < -0.39 is 0 Å². The molecule has 1 nitrogen and oxygen atoms in total. The van der Waals surface area contributed by atoms with Gasteiger partial charge in [0.2, 0.25) is 0 Å². The second kappa shape index (κ2) is 8.29. The molecule has 0 unspecified atom stereocenters. The van der Waals surface area contributed by atoms with E-state index in [1.165, 1.54) is 80.3 Å². The van der Waals surface area contributed by atoms with E-state index in [0.29, 0.717) is 0 Å². The third-order valence-corrected chi connectivity index (χ3v) is 9.60.